The van der Waals surface area contributed by atoms with Gasteiger partial charge in [0, 0.05) is 12.3 Å². The summed E-state index contributed by atoms with van der Waals surface area (Å²) in [5.74, 6) is -1.56. The predicted octanol–water partition coefficient (Wildman–Crippen LogP) is 2.04. The van der Waals surface area contributed by atoms with Gasteiger partial charge in [0.15, 0.2) is 6.29 Å². The van der Waals surface area contributed by atoms with Gasteiger partial charge >= 0.3 is 12.0 Å². The normalized spacial score (nSPS) is 16.5. The van der Waals surface area contributed by atoms with Crippen LogP contribution in [0.25, 0.3) is 0 Å². The molecule has 31 heavy (non-hydrogen) atoms. The zero-order valence-corrected chi connectivity index (χ0v) is 17.5. The predicted molar refractivity (Wildman–Crippen MR) is 108 cm³/mol. The quantitative estimate of drug-likeness (QED) is 0.574. The molecule has 2 heterocycles. The Morgan fingerprint density at radius 2 is 2.03 bits per heavy atom. The van der Waals surface area contributed by atoms with Gasteiger partial charge in [-0.15, -0.1) is 0 Å². The van der Waals surface area contributed by atoms with Crippen molar-refractivity contribution in [2.75, 3.05) is 11.9 Å². The summed E-state index contributed by atoms with van der Waals surface area (Å²) < 4.78 is 37.8. The number of hydrogen-bond acceptors (Lipinski definition) is 8. The van der Waals surface area contributed by atoms with Crippen molar-refractivity contribution in [1.82, 2.24) is 14.7 Å². The Hall–Kier alpha value is -3.09. The molecule has 0 saturated carbocycles. The summed E-state index contributed by atoms with van der Waals surface area (Å²) >= 11 is 0. The van der Waals surface area contributed by atoms with E-state index in [1.165, 1.54) is 12.1 Å². The van der Waals surface area contributed by atoms with Crippen LogP contribution in [0.2, 0.25) is 0 Å². The van der Waals surface area contributed by atoms with Gasteiger partial charge in [-0.3, -0.25) is 5.32 Å². The fourth-order valence-electron chi connectivity index (χ4n) is 2.97. The molecule has 0 bridgehead atoms. The number of sulfonamides is 1. The van der Waals surface area contributed by atoms with E-state index in [0.29, 0.717) is 18.0 Å². The first-order valence-electron chi connectivity index (χ1n) is 9.48. The molecule has 1 fully saturated rings. The van der Waals surface area contributed by atoms with Gasteiger partial charge in [-0.2, -0.15) is 0 Å². The SMILES string of the molecule is Cc1cc(COC2CCCCO2)nc(NC(=O)NS(=O)(=O)c2ccccc2C(=O)O)n1. The Morgan fingerprint density at radius 1 is 1.26 bits per heavy atom. The Kier molecular flexibility index (Phi) is 7.15. The highest BCUT2D eigenvalue weighted by molar-refractivity contribution is 7.90. The van der Waals surface area contributed by atoms with E-state index in [9.17, 15) is 23.1 Å². The number of aromatic carboxylic acids is 1. The molecule has 1 aliphatic heterocycles. The van der Waals surface area contributed by atoms with E-state index in [1.807, 2.05) is 0 Å². The second-order valence-electron chi connectivity index (χ2n) is 6.79. The number of ether oxygens (including phenoxy) is 2. The monoisotopic (exact) mass is 450 g/mol. The summed E-state index contributed by atoms with van der Waals surface area (Å²) in [5.41, 5.74) is 0.558. The lowest BCUT2D eigenvalue weighted by Crippen LogP contribution is -2.35. The Bertz CT molecular complexity index is 1070. The van der Waals surface area contributed by atoms with Crippen LogP contribution in [0, 0.1) is 6.92 Å². The molecule has 1 aromatic carbocycles. The number of benzene rings is 1. The molecule has 0 aliphatic carbocycles. The number of anilines is 1. The highest BCUT2D eigenvalue weighted by Crippen LogP contribution is 2.17. The van der Waals surface area contributed by atoms with E-state index >= 15 is 0 Å². The Labute approximate surface area is 178 Å². The van der Waals surface area contributed by atoms with Crippen LogP contribution in [0.3, 0.4) is 0 Å². The summed E-state index contributed by atoms with van der Waals surface area (Å²) in [6.45, 7) is 2.46. The highest BCUT2D eigenvalue weighted by atomic mass is 32.2. The third-order valence-corrected chi connectivity index (χ3v) is 5.71. The van der Waals surface area contributed by atoms with Crippen LogP contribution >= 0.6 is 0 Å². The number of aromatic nitrogens is 2. The average Bonchev–Trinajstić information content (AvgIpc) is 2.72. The number of hydrogen-bond donors (Lipinski definition) is 3. The molecule has 11 nitrogen and oxygen atoms in total. The zero-order valence-electron chi connectivity index (χ0n) is 16.7. The van der Waals surface area contributed by atoms with Crippen molar-refractivity contribution in [3.05, 3.63) is 47.3 Å². The van der Waals surface area contributed by atoms with E-state index in [-0.39, 0.29) is 18.8 Å². The number of aryl methyl sites for hydroxylation is 1. The first kappa shape index (κ1) is 22.6. The van der Waals surface area contributed by atoms with Crippen molar-refractivity contribution in [3.63, 3.8) is 0 Å². The van der Waals surface area contributed by atoms with Crippen molar-refractivity contribution in [2.24, 2.45) is 0 Å². The smallest absolute Gasteiger partial charge is 0.337 e. The fraction of sp³-hybridized carbons (Fsp3) is 0.368. The lowest BCUT2D eigenvalue weighted by molar-refractivity contribution is -0.169. The molecule has 1 aromatic heterocycles. The summed E-state index contributed by atoms with van der Waals surface area (Å²) in [4.78, 5) is 31.2. The molecule has 1 unspecified atom stereocenters. The minimum atomic E-state index is -4.44. The molecule has 0 radical (unpaired) electrons. The molecule has 0 spiro atoms. The molecule has 166 valence electrons. The van der Waals surface area contributed by atoms with Gasteiger partial charge in [-0.25, -0.2) is 32.7 Å². The van der Waals surface area contributed by atoms with Gasteiger partial charge in [0.05, 0.1) is 17.9 Å². The number of amides is 2. The number of carboxylic acid groups (broad SMARTS) is 1. The second-order valence-corrected chi connectivity index (χ2v) is 8.44. The van der Waals surface area contributed by atoms with Gasteiger partial charge < -0.3 is 14.6 Å². The second kappa shape index (κ2) is 9.81. The molecular weight excluding hydrogens is 428 g/mol. The molecule has 3 N–H and O–H groups in total. The molecule has 2 aromatic rings. The van der Waals surface area contributed by atoms with Crippen molar-refractivity contribution >= 4 is 28.0 Å². The standard InChI is InChI=1S/C19H22N4O7S/c1-12-10-13(11-30-16-8-4-5-9-29-16)21-18(20-12)22-19(26)23-31(27,28)15-7-3-2-6-14(15)17(24)25/h2-3,6-7,10,16H,4-5,8-9,11H2,1H3,(H,24,25)(H2,20,21,22,23,26). The lowest BCUT2D eigenvalue weighted by Gasteiger charge is -2.22. The third kappa shape index (κ3) is 6.20. The van der Waals surface area contributed by atoms with Crippen LogP contribution in [0.1, 0.15) is 41.0 Å². The highest BCUT2D eigenvalue weighted by Gasteiger charge is 2.24. The lowest BCUT2D eigenvalue weighted by atomic mass is 10.2. The van der Waals surface area contributed by atoms with Crippen LogP contribution < -0.4 is 10.0 Å². The van der Waals surface area contributed by atoms with E-state index in [0.717, 1.165) is 31.4 Å². The summed E-state index contributed by atoms with van der Waals surface area (Å²) in [6, 6.07) is 5.49. The van der Waals surface area contributed by atoms with Crippen LogP contribution in [0.15, 0.2) is 35.2 Å². The first-order chi connectivity index (χ1) is 14.7. The van der Waals surface area contributed by atoms with Crippen LogP contribution in [0.4, 0.5) is 10.7 Å². The number of rotatable bonds is 7. The number of nitrogens with one attached hydrogen (secondary N) is 2. The molecule has 1 aliphatic rings. The summed E-state index contributed by atoms with van der Waals surface area (Å²) in [5, 5.41) is 11.4. The molecule has 1 saturated heterocycles. The average molecular weight is 450 g/mol. The van der Waals surface area contributed by atoms with Gasteiger partial charge in [-0.05, 0) is 44.4 Å². The van der Waals surface area contributed by atoms with E-state index in [1.54, 1.807) is 17.7 Å². The number of urea groups is 1. The largest absolute Gasteiger partial charge is 0.478 e. The fourth-order valence-corrected chi connectivity index (χ4v) is 4.07. The van der Waals surface area contributed by atoms with Crippen molar-refractivity contribution in [3.8, 4) is 0 Å². The van der Waals surface area contributed by atoms with E-state index < -0.39 is 32.5 Å². The van der Waals surface area contributed by atoms with E-state index in [2.05, 4.69) is 15.3 Å². The summed E-state index contributed by atoms with van der Waals surface area (Å²) in [6.07, 6.45) is 2.48. The minimum absolute atomic E-state index is 0.123. The zero-order chi connectivity index (χ0) is 22.4. The van der Waals surface area contributed by atoms with Gasteiger partial charge in [0.2, 0.25) is 5.95 Å². The van der Waals surface area contributed by atoms with Gasteiger partial charge in [0.1, 0.15) is 4.90 Å². The number of carbonyl (C=O) groups excluding carboxylic acids is 1. The maximum atomic E-state index is 12.5. The van der Waals surface area contributed by atoms with Crippen molar-refractivity contribution < 1.29 is 32.6 Å². The Balaban J connectivity index is 1.67. The Morgan fingerprint density at radius 3 is 2.74 bits per heavy atom. The van der Waals surface area contributed by atoms with E-state index in [4.69, 9.17) is 9.47 Å². The third-order valence-electron chi connectivity index (χ3n) is 4.32. The number of carboxylic acids is 1. The minimum Gasteiger partial charge on any atom is -0.478 e. The molecule has 2 amide bonds. The van der Waals surface area contributed by atoms with Gasteiger partial charge in [-0.1, -0.05) is 12.1 Å². The number of nitrogens with zero attached hydrogens (tertiary/aromatic N) is 2. The maximum Gasteiger partial charge on any atom is 0.337 e. The first-order valence-corrected chi connectivity index (χ1v) is 11.0. The molecule has 12 heteroatoms. The van der Waals surface area contributed by atoms with Crippen LogP contribution in [-0.2, 0) is 26.1 Å². The van der Waals surface area contributed by atoms with Crippen molar-refractivity contribution in [1.29, 1.82) is 0 Å². The number of carbonyl (C=O) groups is 2. The summed E-state index contributed by atoms with van der Waals surface area (Å²) in [7, 11) is -4.44. The molecular formula is C19H22N4O7S. The van der Waals surface area contributed by atoms with Crippen LogP contribution in [-0.4, -0.2) is 48.4 Å². The topological polar surface area (TPSA) is 157 Å². The maximum absolute atomic E-state index is 12.5. The van der Waals surface area contributed by atoms with Crippen LogP contribution in [0.5, 0.6) is 0 Å². The molecule has 3 rings (SSSR count). The van der Waals surface area contributed by atoms with Crippen molar-refractivity contribution in [2.45, 2.75) is 44.0 Å². The molecule has 1 atom stereocenters. The van der Waals surface area contributed by atoms with Gasteiger partial charge in [0.25, 0.3) is 10.0 Å².